The first-order valence-corrected chi connectivity index (χ1v) is 7.43. The first kappa shape index (κ1) is 21.0. The number of rotatable bonds is 7. The Bertz CT molecular complexity index is 453. The predicted molar refractivity (Wildman–Crippen MR) is 102 cm³/mol. The minimum Gasteiger partial charge on any atom is -0.491 e. The molecule has 1 atom stereocenters. The summed E-state index contributed by atoms with van der Waals surface area (Å²) in [4.78, 5) is 4.35. The van der Waals surface area contributed by atoms with Gasteiger partial charge in [-0.3, -0.25) is 4.99 Å². The van der Waals surface area contributed by atoms with Gasteiger partial charge in [-0.25, -0.2) is 0 Å². The molecule has 0 aromatic heterocycles. The van der Waals surface area contributed by atoms with Crippen LogP contribution in [-0.2, 0) is 0 Å². The molecule has 5 nitrogen and oxygen atoms in total. The molecule has 1 aromatic carbocycles. The molecule has 1 unspecified atom stereocenters. The summed E-state index contributed by atoms with van der Waals surface area (Å²) in [6.07, 6.45) is -0.631. The molecular formula is C16H28IN3O2. The van der Waals surface area contributed by atoms with E-state index in [1.165, 1.54) is 0 Å². The Morgan fingerprint density at radius 3 is 2.68 bits per heavy atom. The number of aryl methyl sites for hydroxylation is 1. The Balaban J connectivity index is 0.00000441. The van der Waals surface area contributed by atoms with Crippen LogP contribution in [0.5, 0.6) is 5.75 Å². The van der Waals surface area contributed by atoms with Crippen molar-refractivity contribution >= 4 is 29.9 Å². The molecule has 0 bridgehead atoms. The number of aliphatic hydroxyl groups excluding tert-OH is 1. The molecule has 0 saturated heterocycles. The highest BCUT2D eigenvalue weighted by Gasteiger charge is 2.06. The summed E-state index contributed by atoms with van der Waals surface area (Å²) in [7, 11) is 0. The van der Waals surface area contributed by atoms with Crippen LogP contribution in [0.1, 0.15) is 26.3 Å². The van der Waals surface area contributed by atoms with Gasteiger partial charge in [-0.05, 0) is 45.4 Å². The van der Waals surface area contributed by atoms with Gasteiger partial charge in [-0.1, -0.05) is 12.1 Å². The SMILES string of the molecule is CCNC(=NCC(O)COc1cccc(C)c1)NC(C)C.I. The summed E-state index contributed by atoms with van der Waals surface area (Å²) in [5, 5.41) is 16.3. The average Bonchev–Trinajstić information content (AvgIpc) is 2.42. The fourth-order valence-electron chi connectivity index (χ4n) is 1.74. The molecule has 0 amide bonds. The lowest BCUT2D eigenvalue weighted by molar-refractivity contribution is 0.114. The molecule has 0 aliphatic carbocycles. The van der Waals surface area contributed by atoms with Gasteiger partial charge in [0.2, 0.25) is 0 Å². The monoisotopic (exact) mass is 421 g/mol. The summed E-state index contributed by atoms with van der Waals surface area (Å²) >= 11 is 0. The van der Waals surface area contributed by atoms with Crippen LogP contribution >= 0.6 is 24.0 Å². The lowest BCUT2D eigenvalue weighted by atomic mass is 10.2. The van der Waals surface area contributed by atoms with Crippen LogP contribution in [0.25, 0.3) is 0 Å². The Labute approximate surface area is 150 Å². The largest absolute Gasteiger partial charge is 0.491 e. The van der Waals surface area contributed by atoms with Gasteiger partial charge in [-0.15, -0.1) is 24.0 Å². The van der Waals surface area contributed by atoms with Crippen LogP contribution in [0.2, 0.25) is 0 Å². The highest BCUT2D eigenvalue weighted by Crippen LogP contribution is 2.12. The number of hydrogen-bond donors (Lipinski definition) is 3. The van der Waals surface area contributed by atoms with Gasteiger partial charge in [0.1, 0.15) is 18.5 Å². The van der Waals surface area contributed by atoms with Crippen LogP contribution in [0, 0.1) is 6.92 Å². The molecule has 0 saturated carbocycles. The maximum atomic E-state index is 9.94. The maximum Gasteiger partial charge on any atom is 0.191 e. The average molecular weight is 421 g/mol. The molecule has 0 spiro atoms. The van der Waals surface area contributed by atoms with E-state index in [1.807, 2.05) is 52.0 Å². The molecule has 0 heterocycles. The fraction of sp³-hybridized carbons (Fsp3) is 0.562. The van der Waals surface area contributed by atoms with Gasteiger partial charge in [0, 0.05) is 12.6 Å². The van der Waals surface area contributed by atoms with Crippen molar-refractivity contribution in [2.75, 3.05) is 19.7 Å². The summed E-state index contributed by atoms with van der Waals surface area (Å²) in [6, 6.07) is 8.07. The molecule has 0 aliphatic heterocycles. The van der Waals surface area contributed by atoms with E-state index in [-0.39, 0.29) is 30.6 Å². The second-order valence-electron chi connectivity index (χ2n) is 5.30. The lowest BCUT2D eigenvalue weighted by Crippen LogP contribution is -2.41. The molecular weight excluding hydrogens is 393 g/mol. The number of nitrogens with zero attached hydrogens (tertiary/aromatic N) is 1. The predicted octanol–water partition coefficient (Wildman–Crippen LogP) is 2.32. The molecule has 3 N–H and O–H groups in total. The van der Waals surface area contributed by atoms with Gasteiger partial charge >= 0.3 is 0 Å². The van der Waals surface area contributed by atoms with E-state index >= 15 is 0 Å². The number of guanidine groups is 1. The van der Waals surface area contributed by atoms with Crippen LogP contribution in [0.15, 0.2) is 29.3 Å². The van der Waals surface area contributed by atoms with Crippen molar-refractivity contribution in [1.29, 1.82) is 0 Å². The number of aliphatic hydroxyl groups is 1. The van der Waals surface area contributed by atoms with Crippen LogP contribution in [0.4, 0.5) is 0 Å². The van der Waals surface area contributed by atoms with Gasteiger partial charge in [0.25, 0.3) is 0 Å². The number of nitrogens with one attached hydrogen (secondary N) is 2. The zero-order valence-corrected chi connectivity index (χ0v) is 16.1. The summed E-state index contributed by atoms with van der Waals surface area (Å²) < 4.78 is 5.56. The van der Waals surface area contributed by atoms with Crippen LogP contribution in [-0.4, -0.2) is 42.9 Å². The van der Waals surface area contributed by atoms with E-state index in [9.17, 15) is 5.11 Å². The smallest absolute Gasteiger partial charge is 0.191 e. The van der Waals surface area contributed by atoms with Crippen molar-refractivity contribution in [1.82, 2.24) is 10.6 Å². The van der Waals surface area contributed by atoms with Gasteiger partial charge < -0.3 is 20.5 Å². The zero-order valence-electron chi connectivity index (χ0n) is 13.8. The van der Waals surface area contributed by atoms with E-state index in [0.717, 1.165) is 17.9 Å². The van der Waals surface area contributed by atoms with Crippen molar-refractivity contribution in [2.45, 2.75) is 39.8 Å². The van der Waals surface area contributed by atoms with Crippen molar-refractivity contribution in [3.05, 3.63) is 29.8 Å². The van der Waals surface area contributed by atoms with Gasteiger partial charge in [0.15, 0.2) is 5.96 Å². The molecule has 126 valence electrons. The number of halogens is 1. The Morgan fingerprint density at radius 2 is 2.09 bits per heavy atom. The molecule has 6 heteroatoms. The van der Waals surface area contributed by atoms with E-state index in [2.05, 4.69) is 15.6 Å². The fourth-order valence-corrected chi connectivity index (χ4v) is 1.74. The second-order valence-corrected chi connectivity index (χ2v) is 5.30. The zero-order chi connectivity index (χ0) is 15.7. The van der Waals surface area contributed by atoms with E-state index < -0.39 is 6.10 Å². The molecule has 1 rings (SSSR count). The highest BCUT2D eigenvalue weighted by molar-refractivity contribution is 14.0. The Morgan fingerprint density at radius 1 is 1.36 bits per heavy atom. The third-order valence-corrected chi connectivity index (χ3v) is 2.66. The lowest BCUT2D eigenvalue weighted by Gasteiger charge is -2.15. The van der Waals surface area contributed by atoms with Gasteiger partial charge in [0.05, 0.1) is 6.54 Å². The number of benzene rings is 1. The number of aliphatic imine (C=N–C) groups is 1. The van der Waals surface area contributed by atoms with Crippen LogP contribution in [0.3, 0.4) is 0 Å². The van der Waals surface area contributed by atoms with Crippen molar-refractivity contribution in [3.63, 3.8) is 0 Å². The first-order chi connectivity index (χ1) is 10.0. The maximum absolute atomic E-state index is 9.94. The molecule has 0 radical (unpaired) electrons. The number of ether oxygens (including phenoxy) is 1. The third-order valence-electron chi connectivity index (χ3n) is 2.66. The topological polar surface area (TPSA) is 65.9 Å². The van der Waals surface area contributed by atoms with Crippen molar-refractivity contribution in [3.8, 4) is 5.75 Å². The van der Waals surface area contributed by atoms with Gasteiger partial charge in [-0.2, -0.15) is 0 Å². The standard InChI is InChI=1S/C16H27N3O2.HI/c1-5-17-16(19-12(2)3)18-10-14(20)11-21-15-8-6-7-13(4)9-15;/h6-9,12,14,20H,5,10-11H2,1-4H3,(H2,17,18,19);1H. The van der Waals surface area contributed by atoms with E-state index in [4.69, 9.17) is 4.74 Å². The molecule has 1 aromatic rings. The Hall–Kier alpha value is -1.02. The van der Waals surface area contributed by atoms with Crippen molar-refractivity contribution < 1.29 is 9.84 Å². The minimum absolute atomic E-state index is 0. The highest BCUT2D eigenvalue weighted by atomic mass is 127. The van der Waals surface area contributed by atoms with Crippen LogP contribution < -0.4 is 15.4 Å². The summed E-state index contributed by atoms with van der Waals surface area (Å²) in [5.74, 6) is 1.48. The minimum atomic E-state index is -0.631. The quantitative estimate of drug-likeness (QED) is 0.359. The van der Waals surface area contributed by atoms with Crippen molar-refractivity contribution in [2.24, 2.45) is 4.99 Å². The van der Waals surface area contributed by atoms with E-state index in [0.29, 0.717) is 18.5 Å². The second kappa shape index (κ2) is 11.5. The molecule has 0 fully saturated rings. The molecule has 0 aliphatic rings. The van der Waals surface area contributed by atoms with E-state index in [1.54, 1.807) is 0 Å². The summed E-state index contributed by atoms with van der Waals surface area (Å²) in [6.45, 7) is 9.42. The third kappa shape index (κ3) is 9.09. The first-order valence-electron chi connectivity index (χ1n) is 7.43. The molecule has 22 heavy (non-hydrogen) atoms. The normalized spacial score (nSPS) is 12.5. The Kier molecular flexibility index (Phi) is 11.0. The number of hydrogen-bond acceptors (Lipinski definition) is 3. The summed E-state index contributed by atoms with van der Waals surface area (Å²) in [5.41, 5.74) is 1.13.